The van der Waals surface area contributed by atoms with E-state index in [9.17, 15) is 0 Å². The molecule has 0 unspecified atom stereocenters. The molecular weight excluding hydrogens is 154 g/mol. The van der Waals surface area contributed by atoms with E-state index in [2.05, 4.69) is 0 Å². The standard InChI is InChI=1S/C9H15NO2/c1-11-9(12-2)5-3-8(7-10)4-6-9/h3-5H,6-7,10H2,1-2H3. The molecular formula is C9H15NO2. The highest BCUT2D eigenvalue weighted by molar-refractivity contribution is 5.27. The molecule has 1 aliphatic carbocycles. The lowest BCUT2D eigenvalue weighted by molar-refractivity contribution is -0.167. The lowest BCUT2D eigenvalue weighted by Gasteiger charge is -2.28. The Kier molecular flexibility index (Phi) is 3.03. The van der Waals surface area contributed by atoms with Crippen molar-refractivity contribution < 1.29 is 9.47 Å². The molecule has 0 spiro atoms. The van der Waals surface area contributed by atoms with Crippen LogP contribution in [0.4, 0.5) is 0 Å². The van der Waals surface area contributed by atoms with Crippen LogP contribution in [0.1, 0.15) is 6.42 Å². The first-order valence-electron chi connectivity index (χ1n) is 3.95. The smallest absolute Gasteiger partial charge is 0.190 e. The predicted octanol–water partition coefficient (Wildman–Crippen LogP) is 0.820. The van der Waals surface area contributed by atoms with Crippen LogP contribution in [-0.2, 0) is 9.47 Å². The van der Waals surface area contributed by atoms with Crippen molar-refractivity contribution in [3.8, 4) is 0 Å². The van der Waals surface area contributed by atoms with Gasteiger partial charge in [0.1, 0.15) is 0 Å². The SMILES string of the molecule is COC1(OC)C=CC(CN)=CC1. The molecule has 0 saturated heterocycles. The number of rotatable bonds is 3. The van der Waals surface area contributed by atoms with E-state index in [4.69, 9.17) is 15.2 Å². The molecule has 0 aromatic carbocycles. The molecule has 2 N–H and O–H groups in total. The van der Waals surface area contributed by atoms with Gasteiger partial charge in [-0.05, 0) is 11.6 Å². The second-order valence-electron chi connectivity index (χ2n) is 2.74. The molecule has 1 aliphatic rings. The number of ether oxygens (including phenoxy) is 2. The molecule has 0 amide bonds. The summed E-state index contributed by atoms with van der Waals surface area (Å²) in [6, 6.07) is 0. The fourth-order valence-electron chi connectivity index (χ4n) is 1.18. The van der Waals surface area contributed by atoms with Crippen LogP contribution >= 0.6 is 0 Å². The van der Waals surface area contributed by atoms with Crippen molar-refractivity contribution >= 4 is 0 Å². The Morgan fingerprint density at radius 1 is 1.50 bits per heavy atom. The van der Waals surface area contributed by atoms with Crippen LogP contribution in [0.15, 0.2) is 23.8 Å². The quantitative estimate of drug-likeness (QED) is 0.636. The molecule has 0 saturated carbocycles. The van der Waals surface area contributed by atoms with Crippen LogP contribution in [-0.4, -0.2) is 26.6 Å². The number of methoxy groups -OCH3 is 2. The second kappa shape index (κ2) is 3.85. The summed E-state index contributed by atoms with van der Waals surface area (Å²) in [4.78, 5) is 0. The van der Waals surface area contributed by atoms with Crippen LogP contribution in [0, 0.1) is 0 Å². The number of hydrogen-bond acceptors (Lipinski definition) is 3. The Labute approximate surface area is 72.8 Å². The van der Waals surface area contributed by atoms with Crippen LogP contribution in [0.3, 0.4) is 0 Å². The molecule has 0 fully saturated rings. The maximum Gasteiger partial charge on any atom is 0.190 e. The van der Waals surface area contributed by atoms with Gasteiger partial charge in [-0.2, -0.15) is 0 Å². The predicted molar refractivity (Wildman–Crippen MR) is 47.6 cm³/mol. The van der Waals surface area contributed by atoms with E-state index in [0.717, 1.165) is 12.0 Å². The van der Waals surface area contributed by atoms with Gasteiger partial charge in [0.15, 0.2) is 5.79 Å². The molecule has 68 valence electrons. The zero-order chi connectivity index (χ0) is 9.03. The molecule has 3 heteroatoms. The van der Waals surface area contributed by atoms with Crippen molar-refractivity contribution in [1.82, 2.24) is 0 Å². The Hall–Kier alpha value is -0.640. The number of hydrogen-bond donors (Lipinski definition) is 1. The molecule has 12 heavy (non-hydrogen) atoms. The van der Waals surface area contributed by atoms with E-state index >= 15 is 0 Å². The molecule has 3 nitrogen and oxygen atoms in total. The third kappa shape index (κ3) is 1.75. The average molecular weight is 169 g/mol. The van der Waals surface area contributed by atoms with Crippen LogP contribution in [0.2, 0.25) is 0 Å². The van der Waals surface area contributed by atoms with E-state index in [1.165, 1.54) is 0 Å². The molecule has 0 aromatic heterocycles. The van der Waals surface area contributed by atoms with Crippen molar-refractivity contribution in [1.29, 1.82) is 0 Å². The summed E-state index contributed by atoms with van der Waals surface area (Å²) in [6.45, 7) is 0.569. The van der Waals surface area contributed by atoms with Gasteiger partial charge in [0, 0.05) is 27.2 Å². The lowest BCUT2D eigenvalue weighted by atomic mass is 10.0. The van der Waals surface area contributed by atoms with E-state index in [1.807, 2.05) is 18.2 Å². The molecule has 0 bridgehead atoms. The topological polar surface area (TPSA) is 44.5 Å². The first-order valence-corrected chi connectivity index (χ1v) is 3.95. The fourth-order valence-corrected chi connectivity index (χ4v) is 1.18. The first kappa shape index (κ1) is 9.45. The van der Waals surface area contributed by atoms with Crippen molar-refractivity contribution in [3.05, 3.63) is 23.8 Å². The molecule has 0 radical (unpaired) electrons. The summed E-state index contributed by atoms with van der Waals surface area (Å²) in [5.74, 6) is -0.571. The summed E-state index contributed by atoms with van der Waals surface area (Å²) < 4.78 is 10.5. The maximum absolute atomic E-state index is 5.47. The number of nitrogens with two attached hydrogens (primary N) is 1. The first-order chi connectivity index (χ1) is 5.76. The lowest BCUT2D eigenvalue weighted by Crippen LogP contribution is -2.32. The second-order valence-corrected chi connectivity index (χ2v) is 2.74. The van der Waals surface area contributed by atoms with Gasteiger partial charge in [0.25, 0.3) is 0 Å². The molecule has 0 aliphatic heterocycles. The van der Waals surface area contributed by atoms with Crippen molar-refractivity contribution in [2.24, 2.45) is 5.73 Å². The monoisotopic (exact) mass is 169 g/mol. The minimum absolute atomic E-state index is 0.569. The summed E-state index contributed by atoms with van der Waals surface area (Å²) in [5, 5.41) is 0. The van der Waals surface area contributed by atoms with Gasteiger partial charge in [-0.1, -0.05) is 12.2 Å². The minimum atomic E-state index is -0.571. The van der Waals surface area contributed by atoms with Gasteiger partial charge in [-0.25, -0.2) is 0 Å². The summed E-state index contributed by atoms with van der Waals surface area (Å²) in [7, 11) is 3.27. The minimum Gasteiger partial charge on any atom is -0.349 e. The average Bonchev–Trinajstić information content (AvgIpc) is 2.18. The molecule has 0 atom stereocenters. The third-order valence-corrected chi connectivity index (χ3v) is 2.13. The van der Waals surface area contributed by atoms with E-state index < -0.39 is 5.79 Å². The molecule has 0 heterocycles. The van der Waals surface area contributed by atoms with Crippen molar-refractivity contribution in [2.45, 2.75) is 12.2 Å². The normalized spacial score (nSPS) is 20.8. The zero-order valence-corrected chi connectivity index (χ0v) is 7.54. The van der Waals surface area contributed by atoms with E-state index in [-0.39, 0.29) is 0 Å². The van der Waals surface area contributed by atoms with Crippen LogP contribution in [0.5, 0.6) is 0 Å². The highest BCUT2D eigenvalue weighted by atomic mass is 16.7. The molecule has 1 rings (SSSR count). The van der Waals surface area contributed by atoms with Gasteiger partial charge in [0.05, 0.1) is 0 Å². The Morgan fingerprint density at radius 2 is 2.17 bits per heavy atom. The summed E-state index contributed by atoms with van der Waals surface area (Å²) in [5.41, 5.74) is 6.60. The Morgan fingerprint density at radius 3 is 2.50 bits per heavy atom. The third-order valence-electron chi connectivity index (χ3n) is 2.13. The van der Waals surface area contributed by atoms with Crippen molar-refractivity contribution in [2.75, 3.05) is 20.8 Å². The molecule has 0 aromatic rings. The maximum atomic E-state index is 5.47. The Balaban J connectivity index is 2.67. The summed E-state index contributed by atoms with van der Waals surface area (Å²) >= 11 is 0. The van der Waals surface area contributed by atoms with Gasteiger partial charge in [-0.3, -0.25) is 0 Å². The van der Waals surface area contributed by atoms with Crippen LogP contribution in [0.25, 0.3) is 0 Å². The fraction of sp³-hybridized carbons (Fsp3) is 0.556. The van der Waals surface area contributed by atoms with Crippen molar-refractivity contribution in [3.63, 3.8) is 0 Å². The van der Waals surface area contributed by atoms with Gasteiger partial charge in [-0.15, -0.1) is 0 Å². The highest BCUT2D eigenvalue weighted by Gasteiger charge is 2.26. The Bertz CT molecular complexity index is 205. The van der Waals surface area contributed by atoms with E-state index in [1.54, 1.807) is 14.2 Å². The van der Waals surface area contributed by atoms with E-state index in [0.29, 0.717) is 6.54 Å². The highest BCUT2D eigenvalue weighted by Crippen LogP contribution is 2.24. The van der Waals surface area contributed by atoms with Gasteiger partial charge in [0.2, 0.25) is 0 Å². The largest absolute Gasteiger partial charge is 0.349 e. The van der Waals surface area contributed by atoms with Crippen LogP contribution < -0.4 is 5.73 Å². The van der Waals surface area contributed by atoms with Gasteiger partial charge < -0.3 is 15.2 Å². The zero-order valence-electron chi connectivity index (χ0n) is 7.54. The van der Waals surface area contributed by atoms with Gasteiger partial charge >= 0.3 is 0 Å². The summed E-state index contributed by atoms with van der Waals surface area (Å²) in [6.07, 6.45) is 6.60.